The van der Waals surface area contributed by atoms with E-state index in [-0.39, 0.29) is 39.6 Å². The molecule has 0 aromatic carbocycles. The zero-order valence-electron chi connectivity index (χ0n) is 32.0. The van der Waals surface area contributed by atoms with E-state index in [0.717, 1.165) is 63.7 Å². The first-order valence-corrected chi connectivity index (χ1v) is 19.2. The third-order valence-electron chi connectivity index (χ3n) is 15.8. The monoisotopic (exact) mass is 677 g/mol. The molecule has 5 aliphatic carbocycles. The lowest BCUT2D eigenvalue weighted by Gasteiger charge is -2.72. The fourth-order valence-electron chi connectivity index (χ4n) is 12.9. The van der Waals surface area contributed by atoms with Crippen LogP contribution >= 0.6 is 0 Å². The van der Waals surface area contributed by atoms with Crippen LogP contribution in [0.3, 0.4) is 0 Å². The third kappa shape index (κ3) is 5.36. The van der Waals surface area contributed by atoms with Crippen molar-refractivity contribution >= 4 is 23.6 Å². The van der Waals surface area contributed by atoms with Gasteiger partial charge in [-0.15, -0.1) is 0 Å². The molecule has 5 aliphatic rings. The first-order valence-electron chi connectivity index (χ1n) is 19.2. The molecule has 0 saturated heterocycles. The molecule has 0 bridgehead atoms. The summed E-state index contributed by atoms with van der Waals surface area (Å²) in [6.07, 6.45) is 11.7. The number of ketones is 1. The molecule has 49 heavy (non-hydrogen) atoms. The number of furan rings is 1. The van der Waals surface area contributed by atoms with Crippen LogP contribution in [-0.4, -0.2) is 42.5 Å². The number of esters is 1. The van der Waals surface area contributed by atoms with Crippen LogP contribution in [0.25, 0.3) is 0 Å². The van der Waals surface area contributed by atoms with Gasteiger partial charge in [0.2, 0.25) is 0 Å². The number of fused-ring (bicyclic) bond motifs is 7. The van der Waals surface area contributed by atoms with Gasteiger partial charge in [-0.25, -0.2) is 0 Å². The number of rotatable bonds is 9. The average molecular weight is 678 g/mol. The average Bonchev–Trinajstić information content (AvgIpc) is 3.68. The van der Waals surface area contributed by atoms with Crippen molar-refractivity contribution in [2.75, 3.05) is 18.5 Å². The summed E-state index contributed by atoms with van der Waals surface area (Å²) in [5.41, 5.74) is 1.74. The minimum absolute atomic E-state index is 0.107. The molecule has 7 nitrogen and oxygen atoms in total. The molecule has 0 amide bonds. The van der Waals surface area contributed by atoms with E-state index in [1.165, 1.54) is 12.0 Å². The highest BCUT2D eigenvalue weighted by Gasteiger charge is 2.70. The Balaban J connectivity index is 1.28. The second kappa shape index (κ2) is 12.0. The SMILES string of the molecule is CC(C)C1=C2[C@H]3CC[C@@H]4[C@@]5(C)CC[C@H](OC(=O)CC(C)(C)C(=O)O)C(C)(C)[C@@H]5CC[C@@]4(C)[C@]3(C)CC[C@@]2(C(=O)CN(C)c2ccco2)CC1. The van der Waals surface area contributed by atoms with Crippen LogP contribution in [0.15, 0.2) is 34.0 Å². The van der Waals surface area contributed by atoms with Gasteiger partial charge < -0.3 is 19.2 Å². The maximum Gasteiger partial charge on any atom is 0.309 e. The van der Waals surface area contributed by atoms with Gasteiger partial charge >= 0.3 is 11.9 Å². The van der Waals surface area contributed by atoms with Crippen molar-refractivity contribution in [3.05, 3.63) is 29.5 Å². The molecule has 0 radical (unpaired) electrons. The quantitative estimate of drug-likeness (QED) is 0.205. The predicted molar refractivity (Wildman–Crippen MR) is 192 cm³/mol. The van der Waals surface area contributed by atoms with Crippen molar-refractivity contribution in [1.82, 2.24) is 0 Å². The molecule has 0 aliphatic heterocycles. The zero-order chi connectivity index (χ0) is 35.9. The Hall–Kier alpha value is -2.57. The first-order chi connectivity index (χ1) is 22.7. The number of carbonyl (C=O) groups excluding carboxylic acids is 2. The van der Waals surface area contributed by atoms with Crippen LogP contribution in [0.4, 0.5) is 5.88 Å². The van der Waals surface area contributed by atoms with Gasteiger partial charge in [0.1, 0.15) is 6.10 Å². The van der Waals surface area contributed by atoms with Gasteiger partial charge in [0, 0.05) is 18.5 Å². The van der Waals surface area contributed by atoms with Crippen molar-refractivity contribution in [2.24, 2.45) is 56.2 Å². The number of carboxylic acid groups (broad SMARTS) is 1. The summed E-state index contributed by atoms with van der Waals surface area (Å²) in [6, 6.07) is 3.82. The van der Waals surface area contributed by atoms with Crippen LogP contribution in [0.1, 0.15) is 133 Å². The molecule has 7 heteroatoms. The van der Waals surface area contributed by atoms with Gasteiger partial charge in [0.05, 0.1) is 30.1 Å². The first kappa shape index (κ1) is 36.2. The van der Waals surface area contributed by atoms with Crippen LogP contribution in [0, 0.1) is 56.2 Å². The Morgan fingerprint density at radius 1 is 0.959 bits per heavy atom. The van der Waals surface area contributed by atoms with Crippen molar-refractivity contribution in [3.63, 3.8) is 0 Å². The number of likely N-dealkylation sites (N-methyl/N-ethyl adjacent to an activating group) is 1. The smallest absolute Gasteiger partial charge is 0.309 e. The Bertz CT molecular complexity index is 1500. The number of hydrogen-bond donors (Lipinski definition) is 1. The number of carboxylic acids is 1. The highest BCUT2D eigenvalue weighted by atomic mass is 16.5. The molecule has 4 saturated carbocycles. The highest BCUT2D eigenvalue weighted by molar-refractivity contribution is 5.92. The number of aliphatic carboxylic acids is 1. The molecule has 6 rings (SSSR count). The number of anilines is 1. The molecule has 1 aromatic heterocycles. The lowest BCUT2D eigenvalue weighted by Crippen LogP contribution is -2.66. The van der Waals surface area contributed by atoms with Gasteiger partial charge in [-0.3, -0.25) is 14.4 Å². The zero-order valence-corrected chi connectivity index (χ0v) is 32.0. The van der Waals surface area contributed by atoms with E-state index in [1.807, 2.05) is 24.1 Å². The van der Waals surface area contributed by atoms with Gasteiger partial charge in [0.15, 0.2) is 11.7 Å². The van der Waals surface area contributed by atoms with E-state index < -0.39 is 17.4 Å². The third-order valence-corrected chi connectivity index (χ3v) is 15.8. The summed E-state index contributed by atoms with van der Waals surface area (Å²) >= 11 is 0. The van der Waals surface area contributed by atoms with E-state index in [4.69, 9.17) is 9.15 Å². The van der Waals surface area contributed by atoms with E-state index in [0.29, 0.717) is 36.0 Å². The molecule has 0 unspecified atom stereocenters. The lowest BCUT2D eigenvalue weighted by atomic mass is 9.33. The van der Waals surface area contributed by atoms with Gasteiger partial charge in [-0.2, -0.15) is 0 Å². The summed E-state index contributed by atoms with van der Waals surface area (Å²) in [6.45, 7) is 20.6. The van der Waals surface area contributed by atoms with Crippen molar-refractivity contribution in [3.8, 4) is 0 Å². The minimum atomic E-state index is -1.15. The molecule has 8 atom stereocenters. The van der Waals surface area contributed by atoms with Gasteiger partial charge in [0.25, 0.3) is 0 Å². The standard InChI is InChI=1S/C42H63NO6/c1-26(2)27-15-20-42(31(44)25-43(10)33-12-11-23-48-33)22-21-40(8)28(35(27)42)13-14-30-39(7)18-17-32(49-34(45)24-37(3,4)36(46)47)38(5,6)29(39)16-19-41(30,40)9/h11-12,23,26,28-30,32H,13-22,24-25H2,1-10H3,(H,46,47)/t28-,29+,30-,32+,39+,40-,41-,42-/m1/s1. The van der Waals surface area contributed by atoms with Crippen LogP contribution in [-0.2, 0) is 19.1 Å². The summed E-state index contributed by atoms with van der Waals surface area (Å²) in [5, 5.41) is 9.59. The topological polar surface area (TPSA) is 97.1 Å². The van der Waals surface area contributed by atoms with Gasteiger partial charge in [-0.05, 0) is 124 Å². The van der Waals surface area contributed by atoms with Crippen molar-refractivity contribution in [2.45, 2.75) is 139 Å². The number of hydrogen-bond acceptors (Lipinski definition) is 6. The fourth-order valence-corrected chi connectivity index (χ4v) is 12.9. The summed E-state index contributed by atoms with van der Waals surface area (Å²) in [5.74, 6) is 1.56. The summed E-state index contributed by atoms with van der Waals surface area (Å²) < 4.78 is 11.8. The predicted octanol–water partition coefficient (Wildman–Crippen LogP) is 9.50. The number of ether oxygens (including phenoxy) is 1. The minimum Gasteiger partial charge on any atom is -0.481 e. The lowest BCUT2D eigenvalue weighted by molar-refractivity contribution is -0.233. The van der Waals surface area contributed by atoms with Crippen molar-refractivity contribution in [1.29, 1.82) is 0 Å². The molecule has 0 spiro atoms. The number of carbonyl (C=O) groups is 3. The molecule has 1 heterocycles. The number of nitrogens with zero attached hydrogens (tertiary/aromatic N) is 1. The second-order valence-corrected chi connectivity index (χ2v) is 19.2. The molecule has 1 N–H and O–H groups in total. The fraction of sp³-hybridized carbons (Fsp3) is 0.786. The van der Waals surface area contributed by atoms with E-state index in [9.17, 15) is 19.5 Å². The molecule has 272 valence electrons. The Morgan fingerprint density at radius 2 is 1.67 bits per heavy atom. The molecular formula is C42H63NO6. The second-order valence-electron chi connectivity index (χ2n) is 19.2. The van der Waals surface area contributed by atoms with Crippen LogP contribution < -0.4 is 4.90 Å². The maximum atomic E-state index is 14.6. The summed E-state index contributed by atoms with van der Waals surface area (Å²) in [4.78, 5) is 41.3. The largest absolute Gasteiger partial charge is 0.481 e. The van der Waals surface area contributed by atoms with Crippen LogP contribution in [0.5, 0.6) is 0 Å². The van der Waals surface area contributed by atoms with Gasteiger partial charge in [-0.1, -0.05) is 59.6 Å². The van der Waals surface area contributed by atoms with E-state index in [2.05, 4.69) is 48.5 Å². The molecule has 4 fully saturated rings. The van der Waals surface area contributed by atoms with Crippen LogP contribution in [0.2, 0.25) is 0 Å². The Morgan fingerprint density at radius 3 is 2.31 bits per heavy atom. The number of Topliss-reactive ketones (excluding diaryl/α,β-unsaturated/α-hetero) is 1. The maximum absolute atomic E-state index is 14.6. The molecule has 1 aromatic rings. The van der Waals surface area contributed by atoms with E-state index in [1.54, 1.807) is 25.7 Å². The summed E-state index contributed by atoms with van der Waals surface area (Å²) in [7, 11) is 1.97. The Kier molecular flexibility index (Phi) is 8.88. The highest BCUT2D eigenvalue weighted by Crippen LogP contribution is 2.77. The number of allylic oxidation sites excluding steroid dienone is 2. The van der Waals surface area contributed by atoms with E-state index >= 15 is 0 Å². The van der Waals surface area contributed by atoms with Crippen molar-refractivity contribution < 1.29 is 28.6 Å². The normalized spacial score (nSPS) is 38.3. The Labute approximate surface area is 295 Å². The molecular weight excluding hydrogens is 614 g/mol.